The molecule has 144 valence electrons. The third kappa shape index (κ3) is 4.31. The molecular weight excluding hydrogens is 384 g/mol. The van der Waals surface area contributed by atoms with Crippen molar-refractivity contribution in [3.05, 3.63) is 70.8 Å². The lowest BCUT2D eigenvalue weighted by molar-refractivity contribution is -0.116. The van der Waals surface area contributed by atoms with E-state index in [0.29, 0.717) is 29.7 Å². The normalized spacial score (nSPS) is 17.6. The zero-order valence-corrected chi connectivity index (χ0v) is 15.8. The lowest BCUT2D eigenvalue weighted by atomic mass is 10.0. The highest BCUT2D eigenvalue weighted by Crippen LogP contribution is 2.30. The number of halogens is 2. The van der Waals surface area contributed by atoms with Crippen molar-refractivity contribution in [3.8, 4) is 5.75 Å². The predicted octanol–water partition coefficient (Wildman–Crippen LogP) is 4.09. The smallest absolute Gasteiger partial charge is 0.256 e. The maximum Gasteiger partial charge on any atom is 0.256 e. The van der Waals surface area contributed by atoms with E-state index < -0.39 is 23.5 Å². The quantitative estimate of drug-likeness (QED) is 0.619. The van der Waals surface area contributed by atoms with Gasteiger partial charge in [0.1, 0.15) is 17.4 Å². The van der Waals surface area contributed by atoms with Crippen LogP contribution in [0.25, 0.3) is 6.08 Å². The molecule has 0 heterocycles. The number of allylic oxidation sites excluding steroid dienone is 1. The summed E-state index contributed by atoms with van der Waals surface area (Å²) in [4.78, 5) is 25.1. The molecule has 1 N–H and O–H groups in total. The summed E-state index contributed by atoms with van der Waals surface area (Å²) >= 11 is 5.25. The Bertz CT molecular complexity index is 970. The van der Waals surface area contributed by atoms with Gasteiger partial charge in [-0.3, -0.25) is 9.59 Å². The van der Waals surface area contributed by atoms with Crippen LogP contribution in [0.1, 0.15) is 28.8 Å². The van der Waals surface area contributed by atoms with Gasteiger partial charge < -0.3 is 10.1 Å². The molecule has 0 radical (unpaired) electrons. The molecule has 3 rings (SSSR count). The van der Waals surface area contributed by atoms with Crippen LogP contribution in [-0.4, -0.2) is 23.8 Å². The maximum atomic E-state index is 13.8. The van der Waals surface area contributed by atoms with E-state index in [-0.39, 0.29) is 16.3 Å². The Morgan fingerprint density at radius 1 is 1.21 bits per heavy atom. The number of ketones is 1. The zero-order chi connectivity index (χ0) is 20.3. The summed E-state index contributed by atoms with van der Waals surface area (Å²) < 4.78 is 31.9. The van der Waals surface area contributed by atoms with Gasteiger partial charge in [-0.05, 0) is 60.9 Å². The number of benzene rings is 2. The third-order valence-corrected chi connectivity index (χ3v) is 4.92. The average Bonchev–Trinajstić information content (AvgIpc) is 3.04. The summed E-state index contributed by atoms with van der Waals surface area (Å²) in [5.74, 6) is -2.12. The van der Waals surface area contributed by atoms with E-state index in [1.807, 2.05) is 0 Å². The highest BCUT2D eigenvalue weighted by atomic mass is 32.1. The monoisotopic (exact) mass is 401 g/mol. The molecule has 1 amide bonds. The fourth-order valence-electron chi connectivity index (χ4n) is 2.99. The van der Waals surface area contributed by atoms with E-state index in [0.717, 1.165) is 12.1 Å². The summed E-state index contributed by atoms with van der Waals surface area (Å²) in [6, 6.07) is 9.66. The second-order valence-corrected chi connectivity index (χ2v) is 6.78. The average molecular weight is 401 g/mol. The van der Waals surface area contributed by atoms with Crippen LogP contribution in [0.2, 0.25) is 0 Å². The van der Waals surface area contributed by atoms with E-state index in [1.165, 1.54) is 19.3 Å². The van der Waals surface area contributed by atoms with Gasteiger partial charge in [-0.15, -0.1) is 0 Å². The Kier molecular flexibility index (Phi) is 5.94. The van der Waals surface area contributed by atoms with Crippen molar-refractivity contribution in [2.24, 2.45) is 5.92 Å². The molecule has 0 aliphatic heterocycles. The number of hydrogen-bond acceptors (Lipinski definition) is 4. The molecule has 1 atom stereocenters. The van der Waals surface area contributed by atoms with Crippen molar-refractivity contribution < 1.29 is 23.1 Å². The van der Waals surface area contributed by atoms with Gasteiger partial charge in [-0.2, -0.15) is 0 Å². The number of thiocarbonyl (C=S) groups is 1. The lowest BCUT2D eigenvalue weighted by Gasteiger charge is -2.12. The van der Waals surface area contributed by atoms with Gasteiger partial charge in [-0.1, -0.05) is 12.2 Å². The van der Waals surface area contributed by atoms with Crippen molar-refractivity contribution in [1.82, 2.24) is 5.32 Å². The Hall–Kier alpha value is -2.93. The molecule has 0 saturated heterocycles. The topological polar surface area (TPSA) is 55.4 Å². The summed E-state index contributed by atoms with van der Waals surface area (Å²) in [5, 5.41) is 2.59. The fourth-order valence-corrected chi connectivity index (χ4v) is 3.31. The molecule has 1 fully saturated rings. The van der Waals surface area contributed by atoms with Crippen molar-refractivity contribution in [3.63, 3.8) is 0 Å². The molecule has 0 spiro atoms. The molecule has 4 nitrogen and oxygen atoms in total. The number of carbonyl (C=O) groups excluding carboxylic acids is 2. The van der Waals surface area contributed by atoms with Gasteiger partial charge in [0.2, 0.25) is 0 Å². The summed E-state index contributed by atoms with van der Waals surface area (Å²) in [6.45, 7) is 0. The van der Waals surface area contributed by atoms with E-state index >= 15 is 0 Å². The van der Waals surface area contributed by atoms with E-state index in [4.69, 9.17) is 17.0 Å². The zero-order valence-electron chi connectivity index (χ0n) is 15.0. The van der Waals surface area contributed by atoms with Crippen molar-refractivity contribution in [2.75, 3.05) is 7.11 Å². The predicted molar refractivity (Wildman–Crippen MR) is 105 cm³/mol. The van der Waals surface area contributed by atoms with Crippen LogP contribution in [0.5, 0.6) is 5.75 Å². The second-order valence-electron chi connectivity index (χ2n) is 6.34. The number of ether oxygens (including phenoxy) is 1. The summed E-state index contributed by atoms with van der Waals surface area (Å²) in [6.07, 6.45) is 2.24. The first-order valence-corrected chi connectivity index (χ1v) is 8.99. The Balaban J connectivity index is 1.68. The third-order valence-electron chi connectivity index (χ3n) is 4.53. The molecule has 1 aliphatic carbocycles. The second kappa shape index (κ2) is 8.39. The minimum atomic E-state index is -0.737. The SMILES string of the molecule is COc1ccc(C(=O)NC(=S)[C@H]2CC/C(=C\c3ccc(F)cc3F)C2=O)cc1. The van der Waals surface area contributed by atoms with Crippen molar-refractivity contribution >= 4 is 35.0 Å². The number of methoxy groups -OCH3 is 1. The van der Waals surface area contributed by atoms with E-state index in [9.17, 15) is 18.4 Å². The first-order chi connectivity index (χ1) is 13.4. The molecule has 0 unspecified atom stereocenters. The van der Waals surface area contributed by atoms with Gasteiger partial charge in [0.25, 0.3) is 5.91 Å². The highest BCUT2D eigenvalue weighted by Gasteiger charge is 2.33. The maximum absolute atomic E-state index is 13.8. The van der Waals surface area contributed by atoms with E-state index in [2.05, 4.69) is 5.32 Å². The lowest BCUT2D eigenvalue weighted by Crippen LogP contribution is -2.36. The van der Waals surface area contributed by atoms with Crippen LogP contribution in [0.15, 0.2) is 48.0 Å². The van der Waals surface area contributed by atoms with E-state index in [1.54, 1.807) is 24.3 Å². The Morgan fingerprint density at radius 2 is 1.93 bits per heavy atom. The van der Waals surface area contributed by atoms with Crippen LogP contribution < -0.4 is 10.1 Å². The molecule has 1 saturated carbocycles. The molecule has 2 aromatic rings. The van der Waals surface area contributed by atoms with Crippen LogP contribution in [0.3, 0.4) is 0 Å². The summed E-state index contributed by atoms with van der Waals surface area (Å²) in [7, 11) is 1.53. The number of carbonyl (C=O) groups is 2. The van der Waals surface area contributed by atoms with Crippen LogP contribution in [-0.2, 0) is 4.79 Å². The van der Waals surface area contributed by atoms with Crippen LogP contribution in [0.4, 0.5) is 8.78 Å². The van der Waals surface area contributed by atoms with Crippen LogP contribution in [0, 0.1) is 17.6 Å². The molecule has 1 aliphatic rings. The van der Waals surface area contributed by atoms with Gasteiger partial charge in [-0.25, -0.2) is 8.78 Å². The Morgan fingerprint density at radius 3 is 2.57 bits per heavy atom. The van der Waals surface area contributed by atoms with Gasteiger partial charge >= 0.3 is 0 Å². The number of hydrogen-bond donors (Lipinski definition) is 1. The van der Waals surface area contributed by atoms with Gasteiger partial charge in [0.15, 0.2) is 5.78 Å². The number of Topliss-reactive ketones (excluding diaryl/α,β-unsaturated/α-hetero) is 1. The Labute approximate surface area is 166 Å². The van der Waals surface area contributed by atoms with Gasteiger partial charge in [0, 0.05) is 17.2 Å². The highest BCUT2D eigenvalue weighted by molar-refractivity contribution is 7.80. The molecule has 2 aromatic carbocycles. The molecule has 7 heteroatoms. The van der Waals surface area contributed by atoms with Crippen LogP contribution >= 0.6 is 12.2 Å². The standard InChI is InChI=1S/C21H17F2NO3S/c1-27-16-7-3-12(4-8-16)20(26)24-21(28)17-9-5-14(19(17)25)10-13-2-6-15(22)11-18(13)23/h2-4,6-8,10-11,17H,5,9H2,1H3,(H,24,26,28)/b14-10+/t17-/m0/s1. The van der Waals surface area contributed by atoms with Crippen molar-refractivity contribution in [1.29, 1.82) is 0 Å². The molecule has 0 aromatic heterocycles. The molecule has 0 bridgehead atoms. The number of rotatable bonds is 4. The van der Waals surface area contributed by atoms with Gasteiger partial charge in [0.05, 0.1) is 18.0 Å². The number of nitrogens with one attached hydrogen (secondary N) is 1. The minimum absolute atomic E-state index is 0.133. The first kappa shape index (κ1) is 19.8. The number of amides is 1. The first-order valence-electron chi connectivity index (χ1n) is 8.58. The van der Waals surface area contributed by atoms with Crippen molar-refractivity contribution in [2.45, 2.75) is 12.8 Å². The molecule has 28 heavy (non-hydrogen) atoms. The summed E-state index contributed by atoms with van der Waals surface area (Å²) in [5.41, 5.74) is 0.924. The fraction of sp³-hybridized carbons (Fsp3) is 0.190. The molecular formula is C21H17F2NO3S. The largest absolute Gasteiger partial charge is 0.497 e. The minimum Gasteiger partial charge on any atom is -0.497 e.